The van der Waals surface area contributed by atoms with Gasteiger partial charge in [0.1, 0.15) is 0 Å². The van der Waals surface area contributed by atoms with Crippen LogP contribution in [0.3, 0.4) is 0 Å². The molecule has 0 aromatic rings. The molecule has 0 aliphatic carbocycles. The van der Waals surface area contributed by atoms with E-state index in [1.54, 1.807) is 0 Å². The van der Waals surface area contributed by atoms with E-state index in [4.69, 9.17) is 8.43 Å². The molecule has 0 aromatic heterocycles. The molecule has 0 aliphatic heterocycles. The molecule has 0 rings (SSSR count). The molecular formula is C10H19F9NO5PSSi2. The molecule has 0 bridgehead atoms. The standard InChI is InChI=1S/C10H19F9NO5PSSi2/c1-28(2,3)24-26(21,25-29(4,5)6)20-27(22,23)10(18,19)8(13,14)7(11,12)9(15,16)17/h1-6H3,(H,20,21). The zero-order valence-corrected chi connectivity index (χ0v) is 19.5. The Morgan fingerprint density at radius 1 is 0.724 bits per heavy atom. The Kier molecular flexibility index (Phi) is 7.74. The average Bonchev–Trinajstić information content (AvgIpc) is 2.29. The molecule has 0 spiro atoms. The smallest absolute Gasteiger partial charge is 0.340 e. The van der Waals surface area contributed by atoms with E-state index in [-0.39, 0.29) is 0 Å². The van der Waals surface area contributed by atoms with Gasteiger partial charge in [-0.3, -0.25) is 0 Å². The SMILES string of the molecule is C[Si](C)(C)OP(=O)(NS(=O)(=O)C(F)(F)C(F)(F)C(F)(F)C(F)(F)F)O[Si](C)(C)C. The van der Waals surface area contributed by atoms with Crippen molar-refractivity contribution in [1.29, 1.82) is 0 Å². The summed E-state index contributed by atoms with van der Waals surface area (Å²) in [6.07, 6.45) is -7.22. The summed E-state index contributed by atoms with van der Waals surface area (Å²) in [7, 11) is -18.8. The quantitative estimate of drug-likeness (QED) is 0.257. The molecular weight excluding hydrogens is 504 g/mol. The maximum absolute atomic E-state index is 13.8. The zero-order chi connectivity index (χ0) is 24.1. The normalized spacial score (nSPS) is 16.2. The van der Waals surface area contributed by atoms with Gasteiger partial charge in [-0.05, 0) is 39.3 Å². The fraction of sp³-hybridized carbons (Fsp3) is 1.00. The van der Waals surface area contributed by atoms with E-state index >= 15 is 0 Å². The van der Waals surface area contributed by atoms with E-state index in [0.717, 1.165) is 0 Å². The molecule has 0 unspecified atom stereocenters. The second-order valence-electron chi connectivity index (χ2n) is 7.66. The van der Waals surface area contributed by atoms with Crippen LogP contribution >= 0.6 is 7.75 Å². The summed E-state index contributed by atoms with van der Waals surface area (Å²) in [5.41, 5.74) is 0. The van der Waals surface area contributed by atoms with Crippen LogP contribution in [0.2, 0.25) is 39.3 Å². The van der Waals surface area contributed by atoms with Crippen LogP contribution in [0, 0.1) is 0 Å². The number of halogens is 9. The van der Waals surface area contributed by atoms with E-state index in [0.29, 0.717) is 4.49 Å². The van der Waals surface area contributed by atoms with Crippen molar-refractivity contribution in [3.63, 3.8) is 0 Å². The van der Waals surface area contributed by atoms with Gasteiger partial charge in [0.15, 0.2) is 16.6 Å². The van der Waals surface area contributed by atoms with Crippen molar-refractivity contribution in [2.24, 2.45) is 0 Å². The van der Waals surface area contributed by atoms with Gasteiger partial charge in [0.25, 0.3) is 10.0 Å². The van der Waals surface area contributed by atoms with Crippen molar-refractivity contribution >= 4 is 34.4 Å². The second-order valence-corrected chi connectivity index (χ2v) is 20.8. The highest BCUT2D eigenvalue weighted by molar-refractivity contribution is 7.96. The average molecular weight is 523 g/mol. The van der Waals surface area contributed by atoms with Crippen LogP contribution in [-0.2, 0) is 23.0 Å². The summed E-state index contributed by atoms with van der Waals surface area (Å²) in [6, 6.07) is 0. The Hall–Kier alpha value is -0.136. The van der Waals surface area contributed by atoms with Crippen molar-refractivity contribution in [3.05, 3.63) is 0 Å². The maximum atomic E-state index is 13.8. The molecule has 29 heavy (non-hydrogen) atoms. The Bertz CT molecular complexity index is 741. The largest absolute Gasteiger partial charge is 0.460 e. The minimum atomic E-state index is -7.47. The van der Waals surface area contributed by atoms with Crippen LogP contribution in [0.25, 0.3) is 0 Å². The molecule has 0 heterocycles. The summed E-state index contributed by atoms with van der Waals surface area (Å²) in [5, 5.41) is -7.06. The second kappa shape index (κ2) is 7.77. The van der Waals surface area contributed by atoms with E-state index < -0.39 is 57.7 Å². The molecule has 0 amide bonds. The van der Waals surface area contributed by atoms with Gasteiger partial charge in [-0.25, -0.2) is 13.0 Å². The molecule has 19 heteroatoms. The molecule has 0 aromatic carbocycles. The van der Waals surface area contributed by atoms with Gasteiger partial charge in [0.05, 0.1) is 0 Å². The Morgan fingerprint density at radius 3 is 1.28 bits per heavy atom. The summed E-state index contributed by atoms with van der Waals surface area (Å²) in [6.45, 7) is 7.54. The maximum Gasteiger partial charge on any atom is 0.460 e. The van der Waals surface area contributed by atoms with Crippen molar-refractivity contribution in [2.45, 2.75) is 62.6 Å². The molecule has 0 saturated heterocycles. The minimum absolute atomic E-state index is 0.475. The number of alkyl halides is 9. The van der Waals surface area contributed by atoms with Crippen molar-refractivity contribution in [3.8, 4) is 0 Å². The third kappa shape index (κ3) is 6.42. The number of nitrogens with one attached hydrogen (secondary N) is 1. The van der Waals surface area contributed by atoms with Gasteiger partial charge >= 0.3 is 31.0 Å². The van der Waals surface area contributed by atoms with Crippen LogP contribution in [0.5, 0.6) is 0 Å². The predicted molar refractivity (Wildman–Crippen MR) is 89.4 cm³/mol. The lowest BCUT2D eigenvalue weighted by Gasteiger charge is -2.35. The molecule has 6 nitrogen and oxygen atoms in total. The topological polar surface area (TPSA) is 81.7 Å². The summed E-state index contributed by atoms with van der Waals surface area (Å²) in [4.78, 5) is 0. The third-order valence-corrected chi connectivity index (χ3v) is 11.6. The number of hydrogen-bond acceptors (Lipinski definition) is 5. The van der Waals surface area contributed by atoms with Gasteiger partial charge < -0.3 is 8.43 Å². The zero-order valence-electron chi connectivity index (χ0n) is 15.8. The molecule has 1 N–H and O–H groups in total. The highest BCUT2D eigenvalue weighted by Crippen LogP contribution is 2.57. The fourth-order valence-electron chi connectivity index (χ4n) is 1.51. The van der Waals surface area contributed by atoms with Gasteiger partial charge in [0.2, 0.25) is 0 Å². The first kappa shape index (κ1) is 28.9. The molecule has 0 atom stereocenters. The van der Waals surface area contributed by atoms with Gasteiger partial charge in [-0.1, -0.05) is 0 Å². The van der Waals surface area contributed by atoms with Gasteiger partial charge in [-0.15, -0.1) is 4.49 Å². The predicted octanol–water partition coefficient (Wildman–Crippen LogP) is 5.14. The van der Waals surface area contributed by atoms with Gasteiger partial charge in [0, 0.05) is 0 Å². The lowest BCUT2D eigenvalue weighted by atomic mass is 10.1. The number of hydrogen-bond donors (Lipinski definition) is 1. The van der Waals surface area contributed by atoms with Crippen molar-refractivity contribution in [1.82, 2.24) is 4.49 Å². The van der Waals surface area contributed by atoms with Crippen LogP contribution in [0.4, 0.5) is 39.5 Å². The minimum Gasteiger partial charge on any atom is -0.340 e. The molecule has 0 saturated carbocycles. The molecule has 176 valence electrons. The Balaban J connectivity index is 6.41. The van der Waals surface area contributed by atoms with E-state index in [9.17, 15) is 52.5 Å². The summed E-state index contributed by atoms with van der Waals surface area (Å²) >= 11 is 0. The summed E-state index contributed by atoms with van der Waals surface area (Å²) < 4.78 is 163. The Labute approximate surface area is 163 Å². The molecule has 0 aliphatic rings. The van der Waals surface area contributed by atoms with Crippen LogP contribution in [-0.4, -0.2) is 48.3 Å². The van der Waals surface area contributed by atoms with Crippen molar-refractivity contribution < 1.29 is 60.9 Å². The molecule has 0 fully saturated rings. The van der Waals surface area contributed by atoms with E-state index in [1.807, 2.05) is 0 Å². The Morgan fingerprint density at radius 2 is 1.03 bits per heavy atom. The lowest BCUT2D eigenvalue weighted by molar-refractivity contribution is -0.382. The highest BCUT2D eigenvalue weighted by Gasteiger charge is 2.85. The first-order chi connectivity index (χ1) is 12.1. The van der Waals surface area contributed by atoms with Crippen molar-refractivity contribution in [2.75, 3.05) is 0 Å². The van der Waals surface area contributed by atoms with E-state index in [1.165, 1.54) is 39.3 Å². The summed E-state index contributed by atoms with van der Waals surface area (Å²) in [5.74, 6) is -14.9. The van der Waals surface area contributed by atoms with Crippen LogP contribution < -0.4 is 4.49 Å². The highest BCUT2D eigenvalue weighted by atomic mass is 32.2. The molecule has 0 radical (unpaired) electrons. The number of rotatable bonds is 9. The monoisotopic (exact) mass is 523 g/mol. The first-order valence-corrected chi connectivity index (χ1v) is 17.2. The first-order valence-electron chi connectivity index (χ1n) is 7.37. The van der Waals surface area contributed by atoms with Crippen LogP contribution in [0.15, 0.2) is 0 Å². The number of sulfonamides is 1. The fourth-order valence-corrected chi connectivity index (χ4v) is 10.8. The lowest BCUT2D eigenvalue weighted by Crippen LogP contribution is -2.64. The van der Waals surface area contributed by atoms with Gasteiger partial charge in [-0.2, -0.15) is 39.5 Å². The third-order valence-electron chi connectivity index (χ3n) is 2.47. The van der Waals surface area contributed by atoms with E-state index in [2.05, 4.69) is 0 Å². The van der Waals surface area contributed by atoms with Crippen LogP contribution in [0.1, 0.15) is 0 Å².